The molecule has 90 valence electrons. The van der Waals surface area contributed by atoms with Gasteiger partial charge in [-0.3, -0.25) is 9.52 Å². The van der Waals surface area contributed by atoms with Gasteiger partial charge in [0.25, 0.3) is 10.0 Å². The van der Waals surface area contributed by atoms with Crippen LogP contribution in [0.2, 0.25) is 0 Å². The number of pyridine rings is 1. The van der Waals surface area contributed by atoms with E-state index in [0.717, 1.165) is 27.4 Å². The summed E-state index contributed by atoms with van der Waals surface area (Å²) >= 11 is 4.33. The first-order chi connectivity index (χ1) is 7.97. The second-order valence-electron chi connectivity index (χ2n) is 2.96. The number of aromatic nitrogens is 2. The molecule has 9 heteroatoms. The molecule has 2 N–H and O–H groups in total. The molecule has 2 aromatic heterocycles. The van der Waals surface area contributed by atoms with E-state index in [2.05, 4.69) is 30.6 Å². The average Bonchev–Trinajstić information content (AvgIpc) is 2.63. The maximum absolute atomic E-state index is 11.8. The van der Waals surface area contributed by atoms with Gasteiger partial charge in [0.1, 0.15) is 4.90 Å². The molecule has 0 aliphatic heterocycles. The Kier molecular flexibility index (Phi) is 3.31. The van der Waals surface area contributed by atoms with Crippen molar-refractivity contribution < 1.29 is 8.42 Å². The molecule has 0 spiro atoms. The van der Waals surface area contributed by atoms with Crippen molar-refractivity contribution in [2.45, 2.75) is 4.90 Å². The Hall–Kier alpha value is -1.19. The number of halogens is 1. The molecular formula is C8H6BrN3O3S2. The lowest BCUT2D eigenvalue weighted by Crippen LogP contribution is -2.14. The van der Waals surface area contributed by atoms with E-state index in [9.17, 15) is 13.2 Å². The summed E-state index contributed by atoms with van der Waals surface area (Å²) in [7, 11) is -3.71. The van der Waals surface area contributed by atoms with Gasteiger partial charge < -0.3 is 4.98 Å². The van der Waals surface area contributed by atoms with E-state index in [1.54, 1.807) is 0 Å². The molecule has 2 aromatic rings. The number of nitrogens with one attached hydrogen (secondary N) is 2. The lowest BCUT2D eigenvalue weighted by atomic mass is 10.5. The summed E-state index contributed by atoms with van der Waals surface area (Å²) in [5, 5.41) is 0.253. The van der Waals surface area contributed by atoms with Gasteiger partial charge in [-0.2, -0.15) is 0 Å². The molecular weight excluding hydrogens is 330 g/mol. The van der Waals surface area contributed by atoms with Crippen LogP contribution < -0.4 is 10.3 Å². The smallest absolute Gasteiger partial charge is 0.265 e. The van der Waals surface area contributed by atoms with Crippen molar-refractivity contribution in [1.29, 1.82) is 0 Å². The fraction of sp³-hybridized carbons (Fsp3) is 0. The summed E-state index contributed by atoms with van der Waals surface area (Å²) in [5.41, 5.74) is -0.360. The number of anilines is 1. The molecule has 0 atom stereocenters. The molecule has 17 heavy (non-hydrogen) atoms. The molecule has 0 radical (unpaired) electrons. The lowest BCUT2D eigenvalue weighted by molar-refractivity contribution is 0.600. The lowest BCUT2D eigenvalue weighted by Gasteiger charge is -2.03. The molecule has 0 saturated carbocycles. The van der Waals surface area contributed by atoms with Gasteiger partial charge in [0.2, 0.25) is 5.56 Å². The van der Waals surface area contributed by atoms with Crippen molar-refractivity contribution in [3.63, 3.8) is 0 Å². The number of hydrogen-bond acceptors (Lipinski definition) is 5. The van der Waals surface area contributed by atoms with Crippen LogP contribution in [0.5, 0.6) is 0 Å². The normalized spacial score (nSPS) is 11.4. The summed E-state index contributed by atoms with van der Waals surface area (Å²) in [4.78, 5) is 16.9. The number of aromatic amines is 1. The second kappa shape index (κ2) is 4.59. The fourth-order valence-electron chi connectivity index (χ4n) is 1.04. The van der Waals surface area contributed by atoms with Gasteiger partial charge in [0.05, 0.1) is 9.98 Å². The van der Waals surface area contributed by atoms with Crippen LogP contribution in [0.3, 0.4) is 0 Å². The van der Waals surface area contributed by atoms with E-state index in [1.807, 2.05) is 0 Å². The molecule has 0 unspecified atom stereocenters. The van der Waals surface area contributed by atoms with E-state index in [-0.39, 0.29) is 15.6 Å². The first kappa shape index (κ1) is 12.3. The molecule has 6 nitrogen and oxygen atoms in total. The summed E-state index contributed by atoms with van der Waals surface area (Å²) in [6.45, 7) is 0. The van der Waals surface area contributed by atoms with Crippen LogP contribution in [0, 0.1) is 0 Å². The highest BCUT2D eigenvalue weighted by Gasteiger charge is 2.15. The van der Waals surface area contributed by atoms with Gasteiger partial charge in [-0.15, -0.1) is 0 Å². The first-order valence-electron chi connectivity index (χ1n) is 4.30. The highest BCUT2D eigenvalue weighted by Crippen LogP contribution is 2.25. The number of thiazole rings is 1. The number of nitrogens with zero attached hydrogens (tertiary/aromatic N) is 1. The third-order valence-electron chi connectivity index (χ3n) is 1.77. The monoisotopic (exact) mass is 335 g/mol. The van der Waals surface area contributed by atoms with E-state index in [1.165, 1.54) is 12.3 Å². The predicted molar refractivity (Wildman–Crippen MR) is 67.7 cm³/mol. The van der Waals surface area contributed by atoms with Crippen molar-refractivity contribution in [1.82, 2.24) is 9.97 Å². The molecule has 0 bridgehead atoms. The third-order valence-corrected chi connectivity index (χ3v) is 4.62. The molecule has 0 fully saturated rings. The van der Waals surface area contributed by atoms with Gasteiger partial charge in [-0.25, -0.2) is 13.4 Å². The zero-order chi connectivity index (χ0) is 12.5. The summed E-state index contributed by atoms with van der Waals surface area (Å²) < 4.78 is 26.7. The van der Waals surface area contributed by atoms with Crippen molar-refractivity contribution >= 4 is 42.4 Å². The summed E-state index contributed by atoms with van der Waals surface area (Å²) in [6.07, 6.45) is 2.63. The number of rotatable bonds is 3. The van der Waals surface area contributed by atoms with Gasteiger partial charge in [-0.1, -0.05) is 11.3 Å². The Bertz CT molecular complexity index is 672. The maximum atomic E-state index is 11.8. The van der Waals surface area contributed by atoms with E-state index >= 15 is 0 Å². The number of H-pyrrole nitrogens is 1. The van der Waals surface area contributed by atoms with Gasteiger partial charge >= 0.3 is 0 Å². The molecule has 0 saturated heterocycles. The average molecular weight is 336 g/mol. The Balaban J connectivity index is 2.31. The van der Waals surface area contributed by atoms with Gasteiger partial charge in [0.15, 0.2) is 5.13 Å². The first-order valence-corrected chi connectivity index (χ1v) is 7.39. The predicted octanol–water partition coefficient (Wildman–Crippen LogP) is 1.39. The standard InChI is InChI=1S/C8H6BrN3O3S2/c9-6-4-11-8(16-6)12-17(14,15)5-1-2-7(13)10-3-5/h1-4H,(H,10,13)(H,11,12). The van der Waals surface area contributed by atoms with Crippen LogP contribution in [0.25, 0.3) is 0 Å². The Morgan fingerprint density at radius 1 is 1.41 bits per heavy atom. The number of hydrogen-bond donors (Lipinski definition) is 2. The molecule has 0 aliphatic carbocycles. The van der Waals surface area contributed by atoms with Crippen LogP contribution >= 0.6 is 27.3 Å². The topological polar surface area (TPSA) is 91.9 Å². The zero-order valence-corrected chi connectivity index (χ0v) is 11.4. The minimum atomic E-state index is -3.71. The minimum absolute atomic E-state index is 0.0246. The van der Waals surface area contributed by atoms with E-state index in [4.69, 9.17) is 0 Å². The second-order valence-corrected chi connectivity index (χ2v) is 7.06. The van der Waals surface area contributed by atoms with Crippen molar-refractivity contribution in [3.05, 3.63) is 38.7 Å². The van der Waals surface area contributed by atoms with Crippen LogP contribution in [0.15, 0.2) is 38.0 Å². The molecule has 2 rings (SSSR count). The quantitative estimate of drug-likeness (QED) is 0.886. The molecule has 0 aromatic carbocycles. The highest BCUT2D eigenvalue weighted by atomic mass is 79.9. The molecule has 2 heterocycles. The van der Waals surface area contributed by atoms with Crippen LogP contribution in [0.4, 0.5) is 5.13 Å². The van der Waals surface area contributed by atoms with Gasteiger partial charge in [0, 0.05) is 12.3 Å². The van der Waals surface area contributed by atoms with Crippen LogP contribution in [0.1, 0.15) is 0 Å². The largest absolute Gasteiger partial charge is 0.328 e. The maximum Gasteiger partial charge on any atom is 0.265 e. The molecule has 0 aliphatic rings. The van der Waals surface area contributed by atoms with Crippen molar-refractivity contribution in [2.75, 3.05) is 4.72 Å². The Labute approximate surface area is 109 Å². The van der Waals surface area contributed by atoms with Crippen LogP contribution in [-0.2, 0) is 10.0 Å². The molecule has 0 amide bonds. The SMILES string of the molecule is O=c1ccc(S(=O)(=O)Nc2ncc(Br)s2)c[nH]1. The zero-order valence-electron chi connectivity index (χ0n) is 8.18. The third kappa shape index (κ3) is 2.93. The Morgan fingerprint density at radius 3 is 2.71 bits per heavy atom. The minimum Gasteiger partial charge on any atom is -0.328 e. The Morgan fingerprint density at radius 2 is 2.18 bits per heavy atom. The number of sulfonamides is 1. The summed E-state index contributed by atoms with van der Waals surface area (Å²) in [5.74, 6) is 0. The summed E-state index contributed by atoms with van der Waals surface area (Å²) in [6, 6.07) is 2.37. The van der Waals surface area contributed by atoms with E-state index in [0.29, 0.717) is 0 Å². The highest BCUT2D eigenvalue weighted by molar-refractivity contribution is 9.11. The van der Waals surface area contributed by atoms with Crippen molar-refractivity contribution in [2.24, 2.45) is 0 Å². The van der Waals surface area contributed by atoms with Crippen molar-refractivity contribution in [3.8, 4) is 0 Å². The fourth-order valence-corrected chi connectivity index (χ4v) is 3.35. The van der Waals surface area contributed by atoms with E-state index < -0.39 is 10.0 Å². The van der Waals surface area contributed by atoms with Gasteiger partial charge in [-0.05, 0) is 22.0 Å². The van der Waals surface area contributed by atoms with Crippen LogP contribution in [-0.4, -0.2) is 18.4 Å².